The predicted molar refractivity (Wildman–Crippen MR) is 142 cm³/mol. The van der Waals surface area contributed by atoms with Crippen molar-refractivity contribution in [3.63, 3.8) is 0 Å². The second-order valence-electron chi connectivity index (χ2n) is 11.5. The van der Waals surface area contributed by atoms with E-state index in [0.29, 0.717) is 13.2 Å². The van der Waals surface area contributed by atoms with Gasteiger partial charge in [-0.05, 0) is 50.4 Å². The van der Waals surface area contributed by atoms with Crippen molar-refractivity contribution in [1.29, 1.82) is 0 Å². The lowest BCUT2D eigenvalue weighted by molar-refractivity contribution is -0.155. The van der Waals surface area contributed by atoms with E-state index in [9.17, 15) is 9.59 Å². The predicted octanol–water partition coefficient (Wildman–Crippen LogP) is 8.65. The molecule has 0 aromatic rings. The summed E-state index contributed by atoms with van der Waals surface area (Å²) in [6.45, 7) is 10.2. The quantitative estimate of drug-likeness (QED) is 0.129. The molecule has 34 heavy (non-hydrogen) atoms. The fourth-order valence-electron chi connectivity index (χ4n) is 4.87. The van der Waals surface area contributed by atoms with E-state index < -0.39 is 0 Å². The first-order valence-corrected chi connectivity index (χ1v) is 14.7. The van der Waals surface area contributed by atoms with Crippen molar-refractivity contribution in [2.45, 2.75) is 143 Å². The number of hydrogen-bond donors (Lipinski definition) is 0. The van der Waals surface area contributed by atoms with Crippen LogP contribution in [-0.2, 0) is 19.1 Å². The molecule has 0 aliphatic heterocycles. The highest BCUT2D eigenvalue weighted by molar-refractivity contribution is 5.75. The number of unbranched alkanes of at least 4 members (excludes halogenated alkanes) is 10. The smallest absolute Gasteiger partial charge is 0.308 e. The fourth-order valence-corrected chi connectivity index (χ4v) is 4.87. The van der Waals surface area contributed by atoms with Gasteiger partial charge in [-0.25, -0.2) is 0 Å². The first-order valence-electron chi connectivity index (χ1n) is 14.7. The van der Waals surface area contributed by atoms with Crippen molar-refractivity contribution in [3.05, 3.63) is 0 Å². The molecule has 0 unspecified atom stereocenters. The number of ether oxygens (including phenoxy) is 2. The van der Waals surface area contributed by atoms with E-state index in [1.54, 1.807) is 0 Å². The van der Waals surface area contributed by atoms with E-state index in [-0.39, 0.29) is 23.8 Å². The van der Waals surface area contributed by atoms with Crippen molar-refractivity contribution >= 4 is 11.9 Å². The molecule has 4 heteroatoms. The second kappa shape index (κ2) is 20.2. The first-order chi connectivity index (χ1) is 16.4. The minimum absolute atomic E-state index is 0.0317. The Morgan fingerprint density at radius 1 is 0.529 bits per heavy atom. The highest BCUT2D eigenvalue weighted by atomic mass is 16.5. The van der Waals surface area contributed by atoms with Crippen LogP contribution in [0.15, 0.2) is 0 Å². The average molecular weight is 481 g/mol. The molecule has 0 spiro atoms. The third-order valence-electron chi connectivity index (χ3n) is 7.23. The van der Waals surface area contributed by atoms with E-state index in [4.69, 9.17) is 9.47 Å². The maximum Gasteiger partial charge on any atom is 0.308 e. The Kier molecular flexibility index (Phi) is 18.4. The van der Waals surface area contributed by atoms with Crippen molar-refractivity contribution in [1.82, 2.24) is 0 Å². The first kappa shape index (κ1) is 31.0. The van der Waals surface area contributed by atoms with Crippen molar-refractivity contribution in [2.75, 3.05) is 13.2 Å². The molecular weight excluding hydrogens is 424 g/mol. The van der Waals surface area contributed by atoms with Crippen LogP contribution in [0.5, 0.6) is 0 Å². The van der Waals surface area contributed by atoms with Gasteiger partial charge < -0.3 is 9.47 Å². The Balaban J connectivity index is 1.97. The van der Waals surface area contributed by atoms with Crippen molar-refractivity contribution < 1.29 is 19.1 Å². The normalized spacial score (nSPS) is 18.4. The van der Waals surface area contributed by atoms with E-state index in [1.165, 1.54) is 64.2 Å². The Morgan fingerprint density at radius 2 is 0.824 bits per heavy atom. The summed E-state index contributed by atoms with van der Waals surface area (Å²) < 4.78 is 11.0. The monoisotopic (exact) mass is 480 g/mol. The molecule has 4 nitrogen and oxygen atoms in total. The molecule has 1 fully saturated rings. The van der Waals surface area contributed by atoms with Crippen LogP contribution in [0.4, 0.5) is 0 Å². The van der Waals surface area contributed by atoms with Gasteiger partial charge in [-0.2, -0.15) is 0 Å². The molecule has 0 atom stereocenters. The van der Waals surface area contributed by atoms with Gasteiger partial charge in [0, 0.05) is 0 Å². The summed E-state index contributed by atoms with van der Waals surface area (Å²) in [6, 6.07) is 0. The zero-order chi connectivity index (χ0) is 25.0. The van der Waals surface area contributed by atoms with E-state index in [0.717, 1.165) is 63.2 Å². The third-order valence-corrected chi connectivity index (χ3v) is 7.23. The van der Waals surface area contributed by atoms with E-state index in [2.05, 4.69) is 27.7 Å². The molecule has 0 bridgehead atoms. The summed E-state index contributed by atoms with van der Waals surface area (Å²) in [7, 11) is 0. The molecule has 1 saturated carbocycles. The van der Waals surface area contributed by atoms with Gasteiger partial charge in [-0.15, -0.1) is 0 Å². The highest BCUT2D eigenvalue weighted by Crippen LogP contribution is 2.30. The number of carbonyl (C=O) groups is 2. The molecular formula is C30H56O4. The summed E-state index contributed by atoms with van der Waals surface area (Å²) in [6.07, 6.45) is 20.3. The third kappa shape index (κ3) is 16.5. The van der Waals surface area contributed by atoms with Crippen LogP contribution in [-0.4, -0.2) is 25.2 Å². The van der Waals surface area contributed by atoms with Gasteiger partial charge in [0.05, 0.1) is 25.0 Å². The standard InChI is InChI=1S/C30H56O4/c1-25(2)17-13-9-5-7-11-15-23-33-29(31)27-19-21-28(22-20-27)30(32)34-24-16-12-8-6-10-14-18-26(3)4/h25-28H,5-24H2,1-4H3. The highest BCUT2D eigenvalue weighted by Gasteiger charge is 2.31. The van der Waals surface area contributed by atoms with Crippen LogP contribution in [0.1, 0.15) is 143 Å². The molecule has 0 aromatic heterocycles. The summed E-state index contributed by atoms with van der Waals surface area (Å²) in [5, 5.41) is 0. The maximum absolute atomic E-state index is 12.3. The molecule has 1 aliphatic carbocycles. The maximum atomic E-state index is 12.3. The number of carbonyl (C=O) groups excluding carboxylic acids is 2. The summed E-state index contributed by atoms with van der Waals surface area (Å²) in [5.41, 5.74) is 0. The molecule has 0 heterocycles. The van der Waals surface area contributed by atoms with E-state index >= 15 is 0 Å². The minimum Gasteiger partial charge on any atom is -0.465 e. The molecule has 1 aliphatic rings. The van der Waals surface area contributed by atoms with E-state index in [1.807, 2.05) is 0 Å². The lowest BCUT2D eigenvalue weighted by atomic mass is 9.82. The topological polar surface area (TPSA) is 52.6 Å². The molecule has 0 saturated heterocycles. The Hall–Kier alpha value is -1.06. The fraction of sp³-hybridized carbons (Fsp3) is 0.933. The molecule has 0 N–H and O–H groups in total. The number of esters is 2. The molecule has 0 aromatic carbocycles. The lowest BCUT2D eigenvalue weighted by Crippen LogP contribution is -2.28. The number of hydrogen-bond acceptors (Lipinski definition) is 4. The summed E-state index contributed by atoms with van der Waals surface area (Å²) >= 11 is 0. The lowest BCUT2D eigenvalue weighted by Gasteiger charge is -2.26. The Bertz CT molecular complexity index is 460. The largest absolute Gasteiger partial charge is 0.465 e. The average Bonchev–Trinajstić information content (AvgIpc) is 2.81. The van der Waals surface area contributed by atoms with Gasteiger partial charge >= 0.3 is 11.9 Å². The Labute approximate surface area is 211 Å². The molecule has 0 amide bonds. The van der Waals surface area contributed by atoms with Gasteiger partial charge in [0.25, 0.3) is 0 Å². The van der Waals surface area contributed by atoms with Gasteiger partial charge in [0.2, 0.25) is 0 Å². The van der Waals surface area contributed by atoms with Crippen molar-refractivity contribution in [2.24, 2.45) is 23.7 Å². The number of rotatable bonds is 20. The van der Waals surface area contributed by atoms with Crippen LogP contribution < -0.4 is 0 Å². The van der Waals surface area contributed by atoms with Crippen molar-refractivity contribution in [3.8, 4) is 0 Å². The second-order valence-corrected chi connectivity index (χ2v) is 11.5. The van der Waals surface area contributed by atoms with Crippen LogP contribution in [0.3, 0.4) is 0 Å². The van der Waals surface area contributed by atoms with Crippen LogP contribution >= 0.6 is 0 Å². The van der Waals surface area contributed by atoms with Gasteiger partial charge in [-0.1, -0.05) is 105 Å². The summed E-state index contributed by atoms with van der Waals surface area (Å²) in [4.78, 5) is 24.7. The SMILES string of the molecule is CC(C)CCCCCCCCOC(=O)C1CCC(C(=O)OCCCCCCCCC(C)C)CC1. The van der Waals surface area contributed by atoms with Crippen LogP contribution in [0, 0.1) is 23.7 Å². The zero-order valence-corrected chi connectivity index (χ0v) is 23.1. The zero-order valence-electron chi connectivity index (χ0n) is 23.1. The van der Waals surface area contributed by atoms with Gasteiger partial charge in [-0.3, -0.25) is 9.59 Å². The van der Waals surface area contributed by atoms with Crippen LogP contribution in [0.2, 0.25) is 0 Å². The van der Waals surface area contributed by atoms with Gasteiger partial charge in [0.1, 0.15) is 0 Å². The Morgan fingerprint density at radius 3 is 1.15 bits per heavy atom. The summed E-state index contributed by atoms with van der Waals surface area (Å²) in [5.74, 6) is 1.44. The minimum atomic E-state index is -0.0582. The molecule has 0 radical (unpaired) electrons. The molecule has 1 rings (SSSR count). The molecule has 200 valence electrons. The van der Waals surface area contributed by atoms with Crippen LogP contribution in [0.25, 0.3) is 0 Å². The van der Waals surface area contributed by atoms with Gasteiger partial charge in [0.15, 0.2) is 0 Å².